The van der Waals surface area contributed by atoms with Gasteiger partial charge in [-0.05, 0) is 12.1 Å². The summed E-state index contributed by atoms with van der Waals surface area (Å²) in [5, 5.41) is 17.3. The first kappa shape index (κ1) is 15.6. The van der Waals surface area contributed by atoms with E-state index < -0.39 is 4.92 Å². The van der Waals surface area contributed by atoms with Gasteiger partial charge < -0.3 is 5.73 Å². The molecule has 0 aliphatic rings. The molecule has 0 saturated carbocycles. The Balaban J connectivity index is 1.73. The van der Waals surface area contributed by atoms with Gasteiger partial charge in [0, 0.05) is 34.3 Å². The predicted octanol–water partition coefficient (Wildman–Crippen LogP) is 3.55. The lowest BCUT2D eigenvalue weighted by Gasteiger charge is -1.98. The number of non-ortho nitro benzene ring substituents is 1. The van der Waals surface area contributed by atoms with Crippen LogP contribution in [0.4, 0.5) is 16.5 Å². The number of thiazole rings is 1. The second-order valence-corrected chi connectivity index (χ2v) is 5.63. The van der Waals surface area contributed by atoms with Crippen molar-refractivity contribution in [1.29, 1.82) is 0 Å². The predicted molar refractivity (Wildman–Crippen MR) is 95.1 cm³/mol. The van der Waals surface area contributed by atoms with Crippen LogP contribution >= 0.6 is 11.3 Å². The third-order valence-corrected chi connectivity index (χ3v) is 3.90. The Morgan fingerprint density at radius 1 is 1.42 bits per heavy atom. The third-order valence-electron chi connectivity index (χ3n) is 3.15. The summed E-state index contributed by atoms with van der Waals surface area (Å²) >= 11 is 1.35. The van der Waals surface area contributed by atoms with E-state index in [1.165, 1.54) is 23.5 Å². The number of nitrogen functional groups attached to an aromatic ring is 1. The van der Waals surface area contributed by atoms with Gasteiger partial charge in [0.1, 0.15) is 0 Å². The first-order valence-corrected chi connectivity index (χ1v) is 7.76. The van der Waals surface area contributed by atoms with Crippen molar-refractivity contribution in [3.8, 4) is 11.3 Å². The standard InChI is InChI=1S/C16H12N5O2S/c17-14-7-2-1-4-12(14)9-18-20-16-19-15(10-24-16)11-5-3-6-13(8-11)21(22)23/h1,3-10H,17H2,(H,19,20). The van der Waals surface area contributed by atoms with Gasteiger partial charge in [0.15, 0.2) is 0 Å². The number of rotatable bonds is 5. The Morgan fingerprint density at radius 3 is 3.08 bits per heavy atom. The van der Waals surface area contributed by atoms with Crippen LogP contribution in [0.5, 0.6) is 0 Å². The van der Waals surface area contributed by atoms with Gasteiger partial charge in [0.2, 0.25) is 5.13 Å². The van der Waals surface area contributed by atoms with Gasteiger partial charge in [-0.15, -0.1) is 11.3 Å². The fourth-order valence-corrected chi connectivity index (χ4v) is 2.63. The Kier molecular flexibility index (Phi) is 4.48. The molecule has 119 valence electrons. The molecule has 0 saturated heterocycles. The number of nitrogens with one attached hydrogen (secondary N) is 1. The third kappa shape index (κ3) is 3.55. The molecule has 0 aliphatic heterocycles. The molecule has 0 unspecified atom stereocenters. The second-order valence-electron chi connectivity index (χ2n) is 4.77. The van der Waals surface area contributed by atoms with Crippen LogP contribution in [0.15, 0.2) is 52.9 Å². The van der Waals surface area contributed by atoms with E-state index in [9.17, 15) is 10.1 Å². The molecule has 0 aliphatic carbocycles. The number of hydrazone groups is 1. The average Bonchev–Trinajstić information content (AvgIpc) is 3.06. The molecular weight excluding hydrogens is 326 g/mol. The monoisotopic (exact) mass is 338 g/mol. The summed E-state index contributed by atoms with van der Waals surface area (Å²) in [4.78, 5) is 14.8. The minimum Gasteiger partial charge on any atom is -0.398 e. The molecule has 8 heteroatoms. The summed E-state index contributed by atoms with van der Waals surface area (Å²) in [6, 6.07) is 14.4. The van der Waals surface area contributed by atoms with Crippen molar-refractivity contribution in [2.24, 2.45) is 5.10 Å². The van der Waals surface area contributed by atoms with E-state index in [0.717, 1.165) is 5.56 Å². The number of benzene rings is 2. The van der Waals surface area contributed by atoms with Gasteiger partial charge in [0.25, 0.3) is 5.69 Å². The van der Waals surface area contributed by atoms with Crippen molar-refractivity contribution < 1.29 is 4.92 Å². The van der Waals surface area contributed by atoms with E-state index in [1.54, 1.807) is 36.5 Å². The van der Waals surface area contributed by atoms with Crippen LogP contribution < -0.4 is 11.2 Å². The first-order chi connectivity index (χ1) is 11.6. The van der Waals surface area contributed by atoms with Crippen LogP contribution in [0.2, 0.25) is 0 Å². The number of hydrogen-bond donors (Lipinski definition) is 2. The van der Waals surface area contributed by atoms with Gasteiger partial charge in [-0.25, -0.2) is 4.98 Å². The van der Waals surface area contributed by atoms with Gasteiger partial charge in [-0.2, -0.15) is 5.10 Å². The zero-order valence-electron chi connectivity index (χ0n) is 12.3. The van der Waals surface area contributed by atoms with E-state index in [4.69, 9.17) is 5.73 Å². The summed E-state index contributed by atoms with van der Waals surface area (Å²) < 4.78 is 0. The molecule has 0 amide bonds. The maximum absolute atomic E-state index is 10.8. The molecule has 1 heterocycles. The van der Waals surface area contributed by atoms with Crippen LogP contribution in [-0.4, -0.2) is 16.1 Å². The molecule has 24 heavy (non-hydrogen) atoms. The molecule has 3 N–H and O–H groups in total. The largest absolute Gasteiger partial charge is 0.398 e. The number of aromatic nitrogens is 1. The highest BCUT2D eigenvalue weighted by atomic mass is 32.1. The van der Waals surface area contributed by atoms with Crippen LogP contribution in [0.1, 0.15) is 5.56 Å². The molecule has 0 bridgehead atoms. The van der Waals surface area contributed by atoms with E-state index >= 15 is 0 Å². The Bertz CT molecular complexity index is 907. The van der Waals surface area contributed by atoms with Crippen molar-refractivity contribution in [2.45, 2.75) is 0 Å². The summed E-state index contributed by atoms with van der Waals surface area (Å²) in [5.41, 5.74) is 11.3. The topological polar surface area (TPSA) is 106 Å². The van der Waals surface area contributed by atoms with E-state index in [-0.39, 0.29) is 5.69 Å². The van der Waals surface area contributed by atoms with Crippen molar-refractivity contribution in [1.82, 2.24) is 4.98 Å². The van der Waals surface area contributed by atoms with Gasteiger partial charge in [-0.3, -0.25) is 15.5 Å². The second kappa shape index (κ2) is 6.88. The lowest BCUT2D eigenvalue weighted by atomic mass is 10.1. The van der Waals surface area contributed by atoms with Crippen LogP contribution in [0.25, 0.3) is 11.3 Å². The maximum Gasteiger partial charge on any atom is 0.270 e. The molecule has 2 aromatic carbocycles. The number of anilines is 2. The van der Waals surface area contributed by atoms with E-state index in [1.807, 2.05) is 5.38 Å². The summed E-state index contributed by atoms with van der Waals surface area (Å²) in [7, 11) is 0. The molecule has 0 spiro atoms. The molecule has 3 rings (SSSR count). The summed E-state index contributed by atoms with van der Waals surface area (Å²) in [6.45, 7) is 0. The van der Waals surface area contributed by atoms with Crippen LogP contribution in [-0.2, 0) is 0 Å². The van der Waals surface area contributed by atoms with Gasteiger partial charge in [0.05, 0.1) is 16.8 Å². The van der Waals surface area contributed by atoms with Gasteiger partial charge in [-0.1, -0.05) is 24.3 Å². The fourth-order valence-electron chi connectivity index (χ4n) is 1.97. The molecule has 0 atom stereocenters. The SMILES string of the molecule is Nc1c[c]ccc1C=NNc1nc(-c2cccc([N+](=O)[O-])c2)cs1. The molecule has 3 aromatic rings. The molecule has 1 aromatic heterocycles. The molecule has 7 nitrogen and oxygen atoms in total. The lowest BCUT2D eigenvalue weighted by molar-refractivity contribution is -0.384. The Labute approximate surface area is 141 Å². The number of nitrogens with zero attached hydrogens (tertiary/aromatic N) is 3. The van der Waals surface area contributed by atoms with Crippen molar-refractivity contribution >= 4 is 34.1 Å². The highest BCUT2D eigenvalue weighted by Crippen LogP contribution is 2.27. The van der Waals surface area contributed by atoms with Gasteiger partial charge >= 0.3 is 0 Å². The van der Waals surface area contributed by atoms with Crippen molar-refractivity contribution in [3.63, 3.8) is 0 Å². The molecular formula is C16H12N5O2S. The first-order valence-electron chi connectivity index (χ1n) is 6.88. The van der Waals surface area contributed by atoms with Crippen LogP contribution in [0, 0.1) is 16.2 Å². The molecule has 0 fully saturated rings. The van der Waals surface area contributed by atoms with E-state index in [0.29, 0.717) is 22.1 Å². The Hall–Kier alpha value is -3.26. The smallest absolute Gasteiger partial charge is 0.270 e. The molecule has 1 radical (unpaired) electrons. The number of nitrogens with two attached hydrogens (primary N) is 1. The average molecular weight is 338 g/mol. The zero-order chi connectivity index (χ0) is 16.9. The number of nitro groups is 1. The van der Waals surface area contributed by atoms with Crippen LogP contribution in [0.3, 0.4) is 0 Å². The summed E-state index contributed by atoms with van der Waals surface area (Å²) in [5.74, 6) is 0. The highest BCUT2D eigenvalue weighted by molar-refractivity contribution is 7.14. The zero-order valence-corrected chi connectivity index (χ0v) is 13.2. The highest BCUT2D eigenvalue weighted by Gasteiger charge is 2.09. The van der Waals surface area contributed by atoms with E-state index in [2.05, 4.69) is 21.6 Å². The fraction of sp³-hybridized carbons (Fsp3) is 0. The summed E-state index contributed by atoms with van der Waals surface area (Å²) in [6.07, 6.45) is 1.59. The van der Waals surface area contributed by atoms with Crippen molar-refractivity contribution in [2.75, 3.05) is 11.2 Å². The minimum atomic E-state index is -0.430. The number of hydrogen-bond acceptors (Lipinski definition) is 7. The minimum absolute atomic E-state index is 0.0318. The lowest BCUT2D eigenvalue weighted by Crippen LogP contribution is -1.95. The van der Waals surface area contributed by atoms with Crippen molar-refractivity contribution in [3.05, 3.63) is 69.6 Å². The Morgan fingerprint density at radius 2 is 2.29 bits per heavy atom. The normalized spacial score (nSPS) is 10.8. The quantitative estimate of drug-likeness (QED) is 0.320. The number of nitro benzene ring substituents is 1. The maximum atomic E-state index is 10.8.